The summed E-state index contributed by atoms with van der Waals surface area (Å²) >= 11 is 6.06. The van der Waals surface area contributed by atoms with Gasteiger partial charge in [0.25, 0.3) is 0 Å². The summed E-state index contributed by atoms with van der Waals surface area (Å²) in [6.07, 6.45) is 0. The highest BCUT2D eigenvalue weighted by atomic mass is 35.5. The Kier molecular flexibility index (Phi) is 3.66. The maximum atomic E-state index is 6.06. The molecule has 0 unspecified atom stereocenters. The van der Waals surface area contributed by atoms with Gasteiger partial charge in [-0.3, -0.25) is 0 Å². The van der Waals surface area contributed by atoms with Crippen molar-refractivity contribution in [1.82, 2.24) is 4.57 Å². The van der Waals surface area contributed by atoms with Crippen LogP contribution in [0.15, 0.2) is 54.6 Å². The van der Waals surface area contributed by atoms with Gasteiger partial charge in [0.2, 0.25) is 0 Å². The molecule has 0 N–H and O–H groups in total. The number of aryl methyl sites for hydroxylation is 1. The Balaban J connectivity index is 1.91. The first kappa shape index (κ1) is 13.1. The van der Waals surface area contributed by atoms with Crippen LogP contribution in [-0.4, -0.2) is 4.57 Å². The number of hydrogen-bond acceptors (Lipinski definition) is 1. The second kappa shape index (κ2) is 5.59. The molecule has 20 heavy (non-hydrogen) atoms. The van der Waals surface area contributed by atoms with Gasteiger partial charge in [0, 0.05) is 22.5 Å². The van der Waals surface area contributed by atoms with Crippen molar-refractivity contribution < 1.29 is 4.74 Å². The number of ether oxygens (including phenoxy) is 1. The van der Waals surface area contributed by atoms with E-state index >= 15 is 0 Å². The number of aromatic nitrogens is 1. The van der Waals surface area contributed by atoms with E-state index in [-0.39, 0.29) is 0 Å². The number of benzene rings is 2. The van der Waals surface area contributed by atoms with Crippen molar-refractivity contribution >= 4 is 22.5 Å². The van der Waals surface area contributed by atoms with E-state index in [9.17, 15) is 0 Å². The molecule has 2 nitrogen and oxygen atoms in total. The third-order valence-electron chi connectivity index (χ3n) is 3.40. The van der Waals surface area contributed by atoms with Gasteiger partial charge >= 0.3 is 0 Å². The van der Waals surface area contributed by atoms with Crippen molar-refractivity contribution in [2.45, 2.75) is 20.1 Å². The first-order valence-electron chi connectivity index (χ1n) is 6.73. The Morgan fingerprint density at radius 2 is 1.85 bits per heavy atom. The molecule has 3 heteroatoms. The number of para-hydroxylation sites is 1. The summed E-state index contributed by atoms with van der Waals surface area (Å²) in [5, 5.41) is 1.92. The lowest BCUT2D eigenvalue weighted by Gasteiger charge is -2.09. The summed E-state index contributed by atoms with van der Waals surface area (Å²) in [6.45, 7) is 3.61. The second-order valence-corrected chi connectivity index (χ2v) is 5.12. The Hall–Kier alpha value is -1.93. The lowest BCUT2D eigenvalue weighted by molar-refractivity contribution is 0.296. The zero-order chi connectivity index (χ0) is 13.9. The van der Waals surface area contributed by atoms with Gasteiger partial charge in [-0.1, -0.05) is 29.8 Å². The van der Waals surface area contributed by atoms with Crippen molar-refractivity contribution in [1.29, 1.82) is 0 Å². The van der Waals surface area contributed by atoms with E-state index in [1.54, 1.807) is 0 Å². The summed E-state index contributed by atoms with van der Waals surface area (Å²) in [5.41, 5.74) is 2.36. The molecule has 0 bridgehead atoms. The predicted octanol–water partition coefficient (Wildman–Crippen LogP) is 4.89. The number of fused-ring (bicyclic) bond motifs is 1. The minimum absolute atomic E-state index is 0.560. The molecule has 1 heterocycles. The quantitative estimate of drug-likeness (QED) is 0.665. The molecular formula is C17H16ClNO. The molecule has 0 amide bonds. The molecule has 0 aliphatic heterocycles. The molecule has 0 spiro atoms. The smallest absolute Gasteiger partial charge is 0.128 e. The fraction of sp³-hybridized carbons (Fsp3) is 0.176. The molecule has 2 aromatic carbocycles. The van der Waals surface area contributed by atoms with E-state index in [2.05, 4.69) is 23.6 Å². The van der Waals surface area contributed by atoms with Crippen LogP contribution in [0, 0.1) is 0 Å². The average molecular weight is 286 g/mol. The van der Waals surface area contributed by atoms with Gasteiger partial charge in [0.15, 0.2) is 0 Å². The lowest BCUT2D eigenvalue weighted by Crippen LogP contribution is -2.04. The molecule has 0 saturated heterocycles. The van der Waals surface area contributed by atoms with Crippen LogP contribution in [0.2, 0.25) is 5.02 Å². The Morgan fingerprint density at radius 1 is 1.05 bits per heavy atom. The number of hydrogen-bond donors (Lipinski definition) is 0. The van der Waals surface area contributed by atoms with E-state index in [1.165, 1.54) is 5.52 Å². The first-order chi connectivity index (χ1) is 9.78. The number of halogens is 1. The minimum Gasteiger partial charge on any atom is -0.487 e. The van der Waals surface area contributed by atoms with Crippen LogP contribution < -0.4 is 4.74 Å². The van der Waals surface area contributed by atoms with Crippen LogP contribution in [0.4, 0.5) is 0 Å². The molecule has 0 fully saturated rings. The standard InChI is InChI=1S/C17H16ClNO/c1-2-19-15(12-20-16-6-4-3-5-7-16)11-13-10-14(18)8-9-17(13)19/h3-11H,2,12H2,1H3. The zero-order valence-corrected chi connectivity index (χ0v) is 12.1. The van der Waals surface area contributed by atoms with Crippen LogP contribution in [-0.2, 0) is 13.2 Å². The highest BCUT2D eigenvalue weighted by Crippen LogP contribution is 2.24. The fourth-order valence-electron chi connectivity index (χ4n) is 2.47. The summed E-state index contributed by atoms with van der Waals surface area (Å²) in [4.78, 5) is 0. The topological polar surface area (TPSA) is 14.2 Å². The fourth-order valence-corrected chi connectivity index (χ4v) is 2.65. The number of nitrogens with zero attached hydrogens (tertiary/aromatic N) is 1. The van der Waals surface area contributed by atoms with Crippen molar-refractivity contribution in [3.8, 4) is 5.75 Å². The van der Waals surface area contributed by atoms with Crippen LogP contribution in [0.3, 0.4) is 0 Å². The summed E-state index contributed by atoms with van der Waals surface area (Å²) in [7, 11) is 0. The molecule has 0 radical (unpaired) electrons. The molecule has 0 atom stereocenters. The molecule has 3 rings (SSSR count). The average Bonchev–Trinajstić information content (AvgIpc) is 2.82. The maximum Gasteiger partial charge on any atom is 0.128 e. The van der Waals surface area contributed by atoms with Gasteiger partial charge in [-0.05, 0) is 43.3 Å². The highest BCUT2D eigenvalue weighted by molar-refractivity contribution is 6.31. The van der Waals surface area contributed by atoms with Crippen LogP contribution in [0.25, 0.3) is 10.9 Å². The van der Waals surface area contributed by atoms with E-state index in [4.69, 9.17) is 16.3 Å². The maximum absolute atomic E-state index is 6.06. The van der Waals surface area contributed by atoms with Gasteiger partial charge in [-0.2, -0.15) is 0 Å². The molecule has 1 aromatic heterocycles. The summed E-state index contributed by atoms with van der Waals surface area (Å²) in [5.74, 6) is 0.887. The van der Waals surface area contributed by atoms with Gasteiger partial charge in [0.05, 0.1) is 5.69 Å². The van der Waals surface area contributed by atoms with Crippen molar-refractivity contribution in [3.05, 3.63) is 65.3 Å². The normalized spacial score (nSPS) is 10.9. The van der Waals surface area contributed by atoms with Crippen LogP contribution in [0.1, 0.15) is 12.6 Å². The molecule has 102 valence electrons. The van der Waals surface area contributed by atoms with E-state index in [1.807, 2.05) is 42.5 Å². The molecule has 0 aliphatic carbocycles. The summed E-state index contributed by atoms with van der Waals surface area (Å²) in [6, 6.07) is 18.0. The van der Waals surface area contributed by atoms with Gasteiger partial charge < -0.3 is 9.30 Å². The monoisotopic (exact) mass is 285 g/mol. The van der Waals surface area contributed by atoms with Crippen molar-refractivity contribution in [2.24, 2.45) is 0 Å². The van der Waals surface area contributed by atoms with Gasteiger partial charge in [-0.25, -0.2) is 0 Å². The van der Waals surface area contributed by atoms with Crippen molar-refractivity contribution in [2.75, 3.05) is 0 Å². The predicted molar refractivity (Wildman–Crippen MR) is 83.4 cm³/mol. The molecular weight excluding hydrogens is 270 g/mol. The molecule has 3 aromatic rings. The SMILES string of the molecule is CCn1c(COc2ccccc2)cc2cc(Cl)ccc21. The molecule has 0 aliphatic rings. The highest BCUT2D eigenvalue weighted by Gasteiger charge is 2.08. The molecule has 0 saturated carbocycles. The summed E-state index contributed by atoms with van der Waals surface area (Å²) < 4.78 is 8.10. The van der Waals surface area contributed by atoms with E-state index in [0.717, 1.165) is 28.4 Å². The van der Waals surface area contributed by atoms with E-state index < -0.39 is 0 Å². The van der Waals surface area contributed by atoms with Gasteiger partial charge in [-0.15, -0.1) is 0 Å². The second-order valence-electron chi connectivity index (χ2n) is 4.68. The van der Waals surface area contributed by atoms with Crippen molar-refractivity contribution in [3.63, 3.8) is 0 Å². The Labute approximate surface area is 123 Å². The first-order valence-corrected chi connectivity index (χ1v) is 7.11. The third-order valence-corrected chi connectivity index (χ3v) is 3.63. The van der Waals surface area contributed by atoms with Crippen LogP contribution in [0.5, 0.6) is 5.75 Å². The van der Waals surface area contributed by atoms with Gasteiger partial charge in [0.1, 0.15) is 12.4 Å². The largest absolute Gasteiger partial charge is 0.487 e. The third kappa shape index (κ3) is 2.52. The lowest BCUT2D eigenvalue weighted by atomic mass is 10.2. The zero-order valence-electron chi connectivity index (χ0n) is 11.3. The van der Waals surface area contributed by atoms with E-state index in [0.29, 0.717) is 6.61 Å². The Bertz CT molecular complexity index is 718. The number of rotatable bonds is 4. The Morgan fingerprint density at radius 3 is 2.60 bits per heavy atom. The van der Waals surface area contributed by atoms with Crippen LogP contribution >= 0.6 is 11.6 Å². The minimum atomic E-state index is 0.560.